The molecule has 2 aromatic carbocycles. The molecule has 0 saturated carbocycles. The largest absolute Gasteiger partial charge is 0.339 e. The Kier molecular flexibility index (Phi) is 5.24. The van der Waals surface area contributed by atoms with Gasteiger partial charge in [0.15, 0.2) is 5.78 Å². The van der Waals surface area contributed by atoms with Crippen molar-refractivity contribution in [1.82, 2.24) is 9.97 Å². The second-order valence-electron chi connectivity index (χ2n) is 5.51. The number of anilines is 3. The zero-order valence-corrected chi connectivity index (χ0v) is 14.6. The van der Waals surface area contributed by atoms with Crippen molar-refractivity contribution in [2.45, 2.75) is 6.92 Å². The third kappa shape index (κ3) is 4.43. The number of rotatable bonds is 5. The summed E-state index contributed by atoms with van der Waals surface area (Å²) in [6, 6.07) is 13.8. The minimum atomic E-state index is -0.383. The molecule has 1 heterocycles. The lowest BCUT2D eigenvalue weighted by atomic mass is 10.1. The summed E-state index contributed by atoms with van der Waals surface area (Å²) in [5.41, 5.74) is 2.15. The molecule has 130 valence electrons. The summed E-state index contributed by atoms with van der Waals surface area (Å²) in [5, 5.41) is 6.42. The SMILES string of the molecule is CC(=O)c1ccc(NC(=O)c2cnc(Nc3ccc(Cl)cc3)cn2)cc1. The lowest BCUT2D eigenvalue weighted by Gasteiger charge is -2.07. The molecule has 2 N–H and O–H groups in total. The molecule has 3 aromatic rings. The van der Waals surface area contributed by atoms with Crippen LogP contribution in [0.3, 0.4) is 0 Å². The van der Waals surface area contributed by atoms with Crippen LogP contribution in [0, 0.1) is 0 Å². The number of hydrogen-bond acceptors (Lipinski definition) is 5. The fourth-order valence-electron chi connectivity index (χ4n) is 2.17. The molecule has 1 amide bonds. The maximum absolute atomic E-state index is 12.2. The Morgan fingerprint density at radius 1 is 0.885 bits per heavy atom. The van der Waals surface area contributed by atoms with E-state index in [0.717, 1.165) is 5.69 Å². The Labute approximate surface area is 155 Å². The molecule has 3 rings (SSSR count). The fourth-order valence-corrected chi connectivity index (χ4v) is 2.30. The number of ketones is 1. The predicted molar refractivity (Wildman–Crippen MR) is 101 cm³/mol. The van der Waals surface area contributed by atoms with Crippen LogP contribution in [0.1, 0.15) is 27.8 Å². The van der Waals surface area contributed by atoms with Crippen LogP contribution in [0.4, 0.5) is 17.2 Å². The summed E-state index contributed by atoms with van der Waals surface area (Å²) in [6.07, 6.45) is 2.86. The fraction of sp³-hybridized carbons (Fsp3) is 0.0526. The van der Waals surface area contributed by atoms with Crippen molar-refractivity contribution in [3.05, 3.63) is 77.2 Å². The summed E-state index contributed by atoms with van der Waals surface area (Å²) >= 11 is 5.84. The molecule has 7 heteroatoms. The van der Waals surface area contributed by atoms with Gasteiger partial charge in [-0.1, -0.05) is 11.6 Å². The Hall–Kier alpha value is -3.25. The second kappa shape index (κ2) is 7.76. The molecular formula is C19H15ClN4O2. The number of nitrogens with zero attached hydrogens (tertiary/aromatic N) is 2. The van der Waals surface area contributed by atoms with Crippen LogP contribution in [-0.2, 0) is 0 Å². The first kappa shape index (κ1) is 17.6. The third-order valence-electron chi connectivity index (χ3n) is 3.55. The first-order valence-electron chi connectivity index (χ1n) is 7.78. The van der Waals surface area contributed by atoms with E-state index in [2.05, 4.69) is 20.6 Å². The van der Waals surface area contributed by atoms with E-state index in [4.69, 9.17) is 11.6 Å². The normalized spacial score (nSPS) is 10.2. The lowest BCUT2D eigenvalue weighted by molar-refractivity contribution is 0.101. The number of carbonyl (C=O) groups excluding carboxylic acids is 2. The Morgan fingerprint density at radius 2 is 1.54 bits per heavy atom. The van der Waals surface area contributed by atoms with Crippen molar-refractivity contribution in [3.63, 3.8) is 0 Å². The molecule has 0 saturated heterocycles. The number of nitrogens with one attached hydrogen (secondary N) is 2. The molecule has 0 unspecified atom stereocenters. The van der Waals surface area contributed by atoms with Gasteiger partial charge in [0, 0.05) is 22.0 Å². The van der Waals surface area contributed by atoms with Gasteiger partial charge >= 0.3 is 0 Å². The van der Waals surface area contributed by atoms with Crippen LogP contribution in [0.15, 0.2) is 60.9 Å². The van der Waals surface area contributed by atoms with E-state index in [-0.39, 0.29) is 17.4 Å². The van der Waals surface area contributed by atoms with Crippen LogP contribution in [-0.4, -0.2) is 21.7 Å². The highest BCUT2D eigenvalue weighted by atomic mass is 35.5. The van der Waals surface area contributed by atoms with Gasteiger partial charge in [-0.15, -0.1) is 0 Å². The Morgan fingerprint density at radius 3 is 2.12 bits per heavy atom. The highest BCUT2D eigenvalue weighted by molar-refractivity contribution is 6.30. The zero-order valence-electron chi connectivity index (χ0n) is 13.9. The van der Waals surface area contributed by atoms with E-state index in [1.165, 1.54) is 19.3 Å². The van der Waals surface area contributed by atoms with E-state index in [1.807, 2.05) is 12.1 Å². The number of carbonyl (C=O) groups is 2. The number of halogens is 1. The first-order chi connectivity index (χ1) is 12.5. The average Bonchev–Trinajstić information content (AvgIpc) is 2.64. The molecule has 0 aliphatic rings. The number of amides is 1. The van der Waals surface area contributed by atoms with Crippen molar-refractivity contribution in [2.24, 2.45) is 0 Å². The van der Waals surface area contributed by atoms with Crippen molar-refractivity contribution < 1.29 is 9.59 Å². The van der Waals surface area contributed by atoms with Gasteiger partial charge in [-0.05, 0) is 55.5 Å². The summed E-state index contributed by atoms with van der Waals surface area (Å²) in [5.74, 6) is 0.0957. The van der Waals surface area contributed by atoms with Gasteiger partial charge in [0.1, 0.15) is 11.5 Å². The summed E-state index contributed by atoms with van der Waals surface area (Å²) in [7, 11) is 0. The van der Waals surface area contributed by atoms with Crippen LogP contribution < -0.4 is 10.6 Å². The highest BCUT2D eigenvalue weighted by Gasteiger charge is 2.09. The smallest absolute Gasteiger partial charge is 0.275 e. The Balaban J connectivity index is 1.64. The topological polar surface area (TPSA) is 84.0 Å². The number of Topliss-reactive ketones (excluding diaryl/α,β-unsaturated/α-hetero) is 1. The number of aromatic nitrogens is 2. The molecule has 0 radical (unpaired) electrons. The molecule has 0 fully saturated rings. The molecule has 6 nitrogen and oxygen atoms in total. The van der Waals surface area contributed by atoms with Crippen LogP contribution >= 0.6 is 11.6 Å². The minimum absolute atomic E-state index is 0.0301. The van der Waals surface area contributed by atoms with Crippen LogP contribution in [0.2, 0.25) is 5.02 Å². The first-order valence-corrected chi connectivity index (χ1v) is 8.16. The molecule has 0 aliphatic carbocycles. The predicted octanol–water partition coefficient (Wildman–Crippen LogP) is 4.33. The van der Waals surface area contributed by atoms with Crippen molar-refractivity contribution in [1.29, 1.82) is 0 Å². The number of hydrogen-bond donors (Lipinski definition) is 2. The zero-order chi connectivity index (χ0) is 18.5. The summed E-state index contributed by atoms with van der Waals surface area (Å²) in [4.78, 5) is 31.8. The van der Waals surface area contributed by atoms with Gasteiger partial charge < -0.3 is 10.6 Å². The van der Waals surface area contributed by atoms with Gasteiger partial charge in [-0.25, -0.2) is 9.97 Å². The molecular weight excluding hydrogens is 352 g/mol. The number of benzene rings is 2. The van der Waals surface area contributed by atoms with Gasteiger partial charge in [-0.3, -0.25) is 9.59 Å². The molecule has 0 spiro atoms. The van der Waals surface area contributed by atoms with Gasteiger partial charge in [0.05, 0.1) is 12.4 Å². The van der Waals surface area contributed by atoms with Crippen molar-refractivity contribution in [3.8, 4) is 0 Å². The maximum atomic E-state index is 12.2. The standard InChI is InChI=1S/C19H15ClN4O2/c1-12(25)13-2-6-16(7-3-13)24-19(26)17-10-22-18(11-21-17)23-15-8-4-14(20)5-9-15/h2-11H,1H3,(H,22,23)(H,24,26). The Bertz CT molecular complexity index is 923. The molecule has 26 heavy (non-hydrogen) atoms. The van der Waals surface area contributed by atoms with E-state index in [0.29, 0.717) is 22.1 Å². The quantitative estimate of drug-likeness (QED) is 0.656. The summed E-state index contributed by atoms with van der Waals surface area (Å²) < 4.78 is 0. The van der Waals surface area contributed by atoms with Crippen molar-refractivity contribution >= 4 is 40.5 Å². The van der Waals surface area contributed by atoms with Gasteiger partial charge in [-0.2, -0.15) is 0 Å². The van der Waals surface area contributed by atoms with E-state index in [1.54, 1.807) is 36.4 Å². The lowest BCUT2D eigenvalue weighted by Crippen LogP contribution is -2.14. The van der Waals surface area contributed by atoms with Crippen LogP contribution in [0.25, 0.3) is 0 Å². The van der Waals surface area contributed by atoms with Crippen LogP contribution in [0.5, 0.6) is 0 Å². The van der Waals surface area contributed by atoms with Crippen molar-refractivity contribution in [2.75, 3.05) is 10.6 Å². The molecule has 0 aliphatic heterocycles. The van der Waals surface area contributed by atoms with E-state index in [9.17, 15) is 9.59 Å². The third-order valence-corrected chi connectivity index (χ3v) is 3.80. The van der Waals surface area contributed by atoms with E-state index < -0.39 is 0 Å². The second-order valence-corrected chi connectivity index (χ2v) is 5.94. The van der Waals surface area contributed by atoms with E-state index >= 15 is 0 Å². The van der Waals surface area contributed by atoms with Gasteiger partial charge in [0.2, 0.25) is 0 Å². The minimum Gasteiger partial charge on any atom is -0.339 e. The molecule has 0 atom stereocenters. The average molecular weight is 367 g/mol. The molecule has 1 aromatic heterocycles. The maximum Gasteiger partial charge on any atom is 0.275 e. The highest BCUT2D eigenvalue weighted by Crippen LogP contribution is 2.17. The summed E-state index contributed by atoms with van der Waals surface area (Å²) in [6.45, 7) is 1.49. The molecule has 0 bridgehead atoms. The van der Waals surface area contributed by atoms with Gasteiger partial charge in [0.25, 0.3) is 5.91 Å². The monoisotopic (exact) mass is 366 g/mol.